The lowest BCUT2D eigenvalue weighted by molar-refractivity contribution is -0.152. The number of aromatic amines is 1. The summed E-state index contributed by atoms with van der Waals surface area (Å²) in [6, 6.07) is 3.19. The Balaban J connectivity index is 1.55. The van der Waals surface area contributed by atoms with Crippen LogP contribution >= 0.6 is 11.8 Å². The Kier molecular flexibility index (Phi) is 6.09. The number of sulfonamides is 1. The first-order valence-corrected chi connectivity index (χ1v) is 12.9. The van der Waals surface area contributed by atoms with Gasteiger partial charge in [-0.3, -0.25) is 9.59 Å². The number of hydrogen-bond acceptors (Lipinski definition) is 9. The molecule has 3 heterocycles. The standard InChI is InChI=1S/C19H25N7O5S2/c1-4-9-33(30,31)23-12(10-5-7-11(27)8-6-10)16(28)20-13-17(29)26-14(15-21-24-25-22-15)19(2,3)32-18(13)26/h5-8,12-14,18,23,27H,4,9H2,1-3H3,(H,20,28)(H,21,22,24,25)/t12?,13?,14?,18-/m1/s1. The van der Waals surface area contributed by atoms with Gasteiger partial charge in [-0.1, -0.05) is 19.1 Å². The summed E-state index contributed by atoms with van der Waals surface area (Å²) in [4.78, 5) is 27.8. The average Bonchev–Trinajstić information content (AvgIpc) is 3.35. The second kappa shape index (κ2) is 8.57. The van der Waals surface area contributed by atoms with Gasteiger partial charge in [0.05, 0.1) is 5.75 Å². The number of hydrogen-bond donors (Lipinski definition) is 4. The van der Waals surface area contributed by atoms with Crippen LogP contribution in [0, 0.1) is 0 Å². The molecule has 2 saturated heterocycles. The van der Waals surface area contributed by atoms with E-state index in [4.69, 9.17) is 0 Å². The number of aromatic hydroxyl groups is 1. The van der Waals surface area contributed by atoms with Crippen LogP contribution in [0.4, 0.5) is 0 Å². The van der Waals surface area contributed by atoms with Gasteiger partial charge in [0.1, 0.15) is 29.2 Å². The first kappa shape index (κ1) is 23.4. The molecule has 3 unspecified atom stereocenters. The van der Waals surface area contributed by atoms with Crippen molar-refractivity contribution in [2.45, 2.75) is 55.4 Å². The van der Waals surface area contributed by atoms with Crippen molar-refractivity contribution in [3.63, 3.8) is 0 Å². The number of phenolic OH excluding ortho intramolecular Hbond substituents is 1. The minimum atomic E-state index is -3.75. The number of nitrogens with zero attached hydrogens (tertiary/aromatic N) is 4. The second-order valence-electron chi connectivity index (χ2n) is 8.49. The molecular weight excluding hydrogens is 470 g/mol. The van der Waals surface area contributed by atoms with Crippen LogP contribution in [0.2, 0.25) is 0 Å². The number of tetrazole rings is 1. The van der Waals surface area contributed by atoms with E-state index in [0.29, 0.717) is 17.8 Å². The van der Waals surface area contributed by atoms with Gasteiger partial charge in [0.2, 0.25) is 21.8 Å². The average molecular weight is 496 g/mol. The summed E-state index contributed by atoms with van der Waals surface area (Å²) in [5.74, 6) is -0.653. The molecule has 0 radical (unpaired) electrons. The quantitative estimate of drug-likeness (QED) is 0.373. The zero-order valence-corrected chi connectivity index (χ0v) is 19.9. The zero-order chi connectivity index (χ0) is 24.0. The lowest BCUT2D eigenvalue weighted by Crippen LogP contribution is -2.68. The van der Waals surface area contributed by atoms with Gasteiger partial charge in [-0.25, -0.2) is 13.5 Å². The zero-order valence-electron chi connectivity index (χ0n) is 18.2. The first-order valence-electron chi connectivity index (χ1n) is 10.4. The number of rotatable bonds is 8. The number of fused-ring (bicyclic) bond motifs is 1. The predicted molar refractivity (Wildman–Crippen MR) is 119 cm³/mol. The Morgan fingerprint density at radius 2 is 2.03 bits per heavy atom. The van der Waals surface area contributed by atoms with E-state index >= 15 is 0 Å². The summed E-state index contributed by atoms with van der Waals surface area (Å²) < 4.78 is 26.8. The number of carbonyl (C=O) groups excluding carboxylic acids is 2. The van der Waals surface area contributed by atoms with Crippen molar-refractivity contribution in [1.29, 1.82) is 0 Å². The highest BCUT2D eigenvalue weighted by Gasteiger charge is 2.63. The number of amides is 2. The fourth-order valence-electron chi connectivity index (χ4n) is 4.16. The van der Waals surface area contributed by atoms with E-state index in [-0.39, 0.29) is 28.8 Å². The third-order valence-corrected chi connectivity index (χ3v) is 8.73. The van der Waals surface area contributed by atoms with Gasteiger partial charge < -0.3 is 15.3 Å². The van der Waals surface area contributed by atoms with E-state index in [0.717, 1.165) is 0 Å². The van der Waals surface area contributed by atoms with Gasteiger partial charge in [0.15, 0.2) is 5.82 Å². The monoisotopic (exact) mass is 495 g/mol. The molecule has 1 aromatic heterocycles. The van der Waals surface area contributed by atoms with Gasteiger partial charge in [-0.05, 0) is 48.4 Å². The van der Waals surface area contributed by atoms with Crippen molar-refractivity contribution in [3.05, 3.63) is 35.7 Å². The molecule has 4 rings (SSSR count). The van der Waals surface area contributed by atoms with Crippen LogP contribution in [-0.4, -0.2) is 72.8 Å². The summed E-state index contributed by atoms with van der Waals surface area (Å²) in [7, 11) is -3.75. The molecule has 14 heteroatoms. The third kappa shape index (κ3) is 4.42. The molecule has 33 heavy (non-hydrogen) atoms. The highest BCUT2D eigenvalue weighted by atomic mass is 32.2. The minimum absolute atomic E-state index is 0.0170. The second-order valence-corrected chi connectivity index (χ2v) is 12.1. The third-order valence-electron chi connectivity index (χ3n) is 5.62. The van der Waals surface area contributed by atoms with Crippen molar-refractivity contribution < 1.29 is 23.1 Å². The van der Waals surface area contributed by atoms with Gasteiger partial charge in [0.25, 0.3) is 0 Å². The summed E-state index contributed by atoms with van der Waals surface area (Å²) >= 11 is 1.51. The molecule has 0 saturated carbocycles. The van der Waals surface area contributed by atoms with Crippen LogP contribution in [0.1, 0.15) is 50.7 Å². The lowest BCUT2D eigenvalue weighted by atomic mass is 9.95. The molecular formula is C19H25N7O5S2. The molecule has 0 aliphatic carbocycles. The molecule has 4 N–H and O–H groups in total. The van der Waals surface area contributed by atoms with Crippen molar-refractivity contribution in [2.75, 3.05) is 5.75 Å². The Morgan fingerprint density at radius 3 is 2.64 bits per heavy atom. The number of H-pyrrole nitrogens is 1. The SMILES string of the molecule is CCCS(=O)(=O)NC(C(=O)NC1C(=O)N2C(c3nnn[nH]3)C(C)(C)S[C@H]12)c1ccc(O)cc1. The maximum atomic E-state index is 13.2. The van der Waals surface area contributed by atoms with E-state index < -0.39 is 32.8 Å². The van der Waals surface area contributed by atoms with Crippen molar-refractivity contribution in [1.82, 2.24) is 35.6 Å². The van der Waals surface area contributed by atoms with Crippen LogP contribution in [0.5, 0.6) is 5.75 Å². The number of thioether (sulfide) groups is 1. The van der Waals surface area contributed by atoms with E-state index in [1.54, 1.807) is 11.8 Å². The molecule has 2 aliphatic heterocycles. The number of carbonyl (C=O) groups is 2. The van der Waals surface area contributed by atoms with E-state index in [2.05, 4.69) is 30.7 Å². The van der Waals surface area contributed by atoms with Gasteiger partial charge in [0, 0.05) is 4.75 Å². The van der Waals surface area contributed by atoms with Crippen LogP contribution in [0.25, 0.3) is 0 Å². The lowest BCUT2D eigenvalue weighted by Gasteiger charge is -2.44. The Labute approximate surface area is 194 Å². The smallest absolute Gasteiger partial charge is 0.249 e. The van der Waals surface area contributed by atoms with Crippen LogP contribution in [-0.2, 0) is 19.6 Å². The number of phenols is 1. The molecule has 2 aromatic rings. The highest BCUT2D eigenvalue weighted by molar-refractivity contribution is 8.01. The maximum absolute atomic E-state index is 13.2. The predicted octanol–water partition coefficient (Wildman–Crippen LogP) is 0.196. The minimum Gasteiger partial charge on any atom is -0.508 e. The number of aromatic nitrogens is 4. The van der Waals surface area contributed by atoms with Gasteiger partial charge in [-0.2, -0.15) is 4.72 Å². The topological polar surface area (TPSA) is 170 Å². The van der Waals surface area contributed by atoms with Crippen LogP contribution in [0.3, 0.4) is 0 Å². The normalized spacial score (nSPS) is 24.8. The summed E-state index contributed by atoms with van der Waals surface area (Å²) in [5.41, 5.74) is 0.346. The molecule has 4 atom stereocenters. The summed E-state index contributed by atoms with van der Waals surface area (Å²) in [6.07, 6.45) is 0.376. The molecule has 0 spiro atoms. The fourth-order valence-corrected chi connectivity index (χ4v) is 7.05. The Hall–Kier alpha value is -2.71. The van der Waals surface area contributed by atoms with Crippen molar-refractivity contribution in [3.8, 4) is 5.75 Å². The molecule has 1 aromatic carbocycles. The number of β-lactam (4-membered cyclic amide) rings is 1. The van der Waals surface area contributed by atoms with Crippen LogP contribution < -0.4 is 10.0 Å². The maximum Gasteiger partial charge on any atom is 0.249 e. The van der Waals surface area contributed by atoms with Crippen molar-refractivity contribution >= 4 is 33.6 Å². The fraction of sp³-hybridized carbons (Fsp3) is 0.526. The van der Waals surface area contributed by atoms with E-state index in [1.807, 2.05) is 13.8 Å². The highest BCUT2D eigenvalue weighted by Crippen LogP contribution is 2.56. The molecule has 178 valence electrons. The summed E-state index contributed by atoms with van der Waals surface area (Å²) in [6.45, 7) is 5.65. The van der Waals surface area contributed by atoms with E-state index in [9.17, 15) is 23.1 Å². The van der Waals surface area contributed by atoms with Gasteiger partial charge >= 0.3 is 0 Å². The Bertz CT molecular complexity index is 1140. The molecule has 2 amide bonds. The molecule has 0 bridgehead atoms. The molecule has 2 aliphatic rings. The van der Waals surface area contributed by atoms with Gasteiger partial charge in [-0.15, -0.1) is 16.9 Å². The molecule has 12 nitrogen and oxygen atoms in total. The largest absolute Gasteiger partial charge is 0.508 e. The first-order chi connectivity index (χ1) is 15.5. The Morgan fingerprint density at radius 1 is 1.33 bits per heavy atom. The van der Waals surface area contributed by atoms with E-state index in [1.165, 1.54) is 36.0 Å². The summed E-state index contributed by atoms with van der Waals surface area (Å²) in [5, 5.41) is 25.8. The number of benzene rings is 1. The van der Waals surface area contributed by atoms with Crippen molar-refractivity contribution in [2.24, 2.45) is 0 Å². The number of nitrogens with one attached hydrogen (secondary N) is 3. The molecule has 2 fully saturated rings. The van der Waals surface area contributed by atoms with Crippen LogP contribution in [0.15, 0.2) is 24.3 Å².